The van der Waals surface area contributed by atoms with E-state index in [1.165, 1.54) is 5.56 Å². The molecule has 1 atom stereocenters. The summed E-state index contributed by atoms with van der Waals surface area (Å²) in [5, 5.41) is 10.8. The van der Waals surface area contributed by atoms with Crippen molar-refractivity contribution in [3.05, 3.63) is 48.0 Å². The highest BCUT2D eigenvalue weighted by atomic mass is 15.3. The highest BCUT2D eigenvalue weighted by Gasteiger charge is 2.10. The molecule has 0 saturated heterocycles. The van der Waals surface area contributed by atoms with Gasteiger partial charge in [0.15, 0.2) is 5.96 Å². The van der Waals surface area contributed by atoms with Gasteiger partial charge in [-0.25, -0.2) is 9.98 Å². The summed E-state index contributed by atoms with van der Waals surface area (Å²) in [6, 6.07) is 10.6. The van der Waals surface area contributed by atoms with Crippen molar-refractivity contribution in [2.24, 2.45) is 12.0 Å². The van der Waals surface area contributed by atoms with Crippen LogP contribution in [0.2, 0.25) is 0 Å². The second-order valence-electron chi connectivity index (χ2n) is 5.39. The average molecular weight is 314 g/mol. The second kappa shape index (κ2) is 8.92. The molecule has 1 aromatic carbocycles. The van der Waals surface area contributed by atoms with Crippen LogP contribution in [0.25, 0.3) is 0 Å². The van der Waals surface area contributed by atoms with Crippen LogP contribution >= 0.6 is 0 Å². The third-order valence-corrected chi connectivity index (χ3v) is 3.81. The van der Waals surface area contributed by atoms with Gasteiger partial charge in [0, 0.05) is 26.1 Å². The molecule has 0 aliphatic rings. The molecule has 2 N–H and O–H groups in total. The van der Waals surface area contributed by atoms with Crippen LogP contribution in [-0.2, 0) is 13.6 Å². The fourth-order valence-corrected chi connectivity index (χ4v) is 2.40. The summed E-state index contributed by atoms with van der Waals surface area (Å²) < 4.78 is 1.74. The normalized spacial score (nSPS) is 12.9. The number of aromatic nitrogens is 3. The van der Waals surface area contributed by atoms with Gasteiger partial charge in [-0.15, -0.1) is 0 Å². The Balaban J connectivity index is 1.97. The molecule has 124 valence electrons. The Hall–Kier alpha value is -2.37. The summed E-state index contributed by atoms with van der Waals surface area (Å²) in [6.07, 6.45) is 2.63. The van der Waals surface area contributed by atoms with Crippen LogP contribution in [0, 0.1) is 0 Å². The van der Waals surface area contributed by atoms with Crippen molar-refractivity contribution in [3.63, 3.8) is 0 Å². The lowest BCUT2D eigenvalue weighted by Crippen LogP contribution is -2.39. The van der Waals surface area contributed by atoms with Gasteiger partial charge in [0.25, 0.3) is 0 Å². The number of nitrogens with one attached hydrogen (secondary N) is 2. The van der Waals surface area contributed by atoms with E-state index in [1.807, 2.05) is 7.05 Å². The van der Waals surface area contributed by atoms with Gasteiger partial charge in [-0.05, 0) is 18.9 Å². The molecule has 2 aromatic rings. The SMILES string of the molecule is CCNC(=NCc1ncnn1C)NCC(CC)c1ccccc1. The average Bonchev–Trinajstić information content (AvgIpc) is 2.99. The minimum atomic E-state index is 0.467. The molecule has 0 fully saturated rings. The van der Waals surface area contributed by atoms with E-state index in [-0.39, 0.29) is 0 Å². The number of aryl methyl sites for hydroxylation is 1. The number of hydrogen-bond donors (Lipinski definition) is 2. The lowest BCUT2D eigenvalue weighted by molar-refractivity contribution is 0.628. The summed E-state index contributed by atoms with van der Waals surface area (Å²) in [7, 11) is 1.88. The second-order valence-corrected chi connectivity index (χ2v) is 5.39. The van der Waals surface area contributed by atoms with E-state index in [9.17, 15) is 0 Å². The standard InChI is InChI=1S/C17H26N6/c1-4-14(15-9-7-6-8-10-15)11-19-17(18-5-2)20-12-16-21-13-22-23(16)3/h6-10,13-14H,4-5,11-12H2,1-3H3,(H2,18,19,20). The highest BCUT2D eigenvalue weighted by molar-refractivity contribution is 5.79. The van der Waals surface area contributed by atoms with Crippen molar-refractivity contribution in [1.29, 1.82) is 0 Å². The van der Waals surface area contributed by atoms with Crippen LogP contribution < -0.4 is 10.6 Å². The third kappa shape index (κ3) is 5.09. The maximum absolute atomic E-state index is 4.59. The van der Waals surface area contributed by atoms with E-state index in [4.69, 9.17) is 0 Å². The lowest BCUT2D eigenvalue weighted by Gasteiger charge is -2.18. The first-order chi connectivity index (χ1) is 11.2. The maximum atomic E-state index is 4.59. The zero-order valence-electron chi connectivity index (χ0n) is 14.2. The summed E-state index contributed by atoms with van der Waals surface area (Å²) in [6.45, 7) is 6.46. The molecule has 0 bridgehead atoms. The molecule has 1 aromatic heterocycles. The van der Waals surface area contributed by atoms with Crippen LogP contribution in [0.5, 0.6) is 0 Å². The molecule has 1 heterocycles. The number of guanidine groups is 1. The number of nitrogens with zero attached hydrogens (tertiary/aromatic N) is 4. The van der Waals surface area contributed by atoms with Crippen molar-refractivity contribution >= 4 is 5.96 Å². The molecule has 0 radical (unpaired) electrons. The van der Waals surface area contributed by atoms with Gasteiger partial charge in [0.05, 0.1) is 0 Å². The van der Waals surface area contributed by atoms with Crippen LogP contribution in [-0.4, -0.2) is 33.8 Å². The first-order valence-corrected chi connectivity index (χ1v) is 8.14. The van der Waals surface area contributed by atoms with Crippen molar-refractivity contribution < 1.29 is 0 Å². The van der Waals surface area contributed by atoms with Crippen LogP contribution in [0.1, 0.15) is 37.6 Å². The molecule has 2 rings (SSSR count). The van der Waals surface area contributed by atoms with Gasteiger partial charge in [-0.1, -0.05) is 37.3 Å². The fourth-order valence-electron chi connectivity index (χ4n) is 2.40. The molecule has 0 aliphatic carbocycles. The van der Waals surface area contributed by atoms with Gasteiger partial charge in [-0.3, -0.25) is 4.68 Å². The van der Waals surface area contributed by atoms with Crippen molar-refractivity contribution in [2.75, 3.05) is 13.1 Å². The molecule has 0 saturated carbocycles. The molecular weight excluding hydrogens is 288 g/mol. The lowest BCUT2D eigenvalue weighted by atomic mass is 9.97. The summed E-state index contributed by atoms with van der Waals surface area (Å²) in [4.78, 5) is 8.78. The van der Waals surface area contributed by atoms with Gasteiger partial charge in [0.1, 0.15) is 18.7 Å². The van der Waals surface area contributed by atoms with E-state index in [1.54, 1.807) is 11.0 Å². The van der Waals surface area contributed by atoms with E-state index >= 15 is 0 Å². The number of benzene rings is 1. The van der Waals surface area contributed by atoms with E-state index in [2.05, 4.69) is 69.9 Å². The smallest absolute Gasteiger partial charge is 0.191 e. The molecule has 6 heteroatoms. The Bertz CT molecular complexity index is 605. The van der Waals surface area contributed by atoms with Crippen LogP contribution in [0.3, 0.4) is 0 Å². The number of rotatable bonds is 7. The topological polar surface area (TPSA) is 67.1 Å². The zero-order valence-corrected chi connectivity index (χ0v) is 14.2. The monoisotopic (exact) mass is 314 g/mol. The highest BCUT2D eigenvalue weighted by Crippen LogP contribution is 2.17. The van der Waals surface area contributed by atoms with Crippen molar-refractivity contribution in [3.8, 4) is 0 Å². The van der Waals surface area contributed by atoms with Gasteiger partial charge in [0.2, 0.25) is 0 Å². The molecule has 1 unspecified atom stereocenters. The number of hydrogen-bond acceptors (Lipinski definition) is 3. The van der Waals surface area contributed by atoms with E-state index in [0.29, 0.717) is 12.5 Å². The Morgan fingerprint density at radius 2 is 2.00 bits per heavy atom. The predicted molar refractivity (Wildman–Crippen MR) is 93.3 cm³/mol. The molecule has 0 aliphatic heterocycles. The molecule has 0 spiro atoms. The molecular formula is C17H26N6. The Morgan fingerprint density at radius 3 is 2.61 bits per heavy atom. The van der Waals surface area contributed by atoms with Gasteiger partial charge < -0.3 is 10.6 Å². The van der Waals surface area contributed by atoms with Crippen LogP contribution in [0.15, 0.2) is 41.7 Å². The quantitative estimate of drug-likeness (QED) is 0.606. The Labute approximate surface area is 138 Å². The minimum absolute atomic E-state index is 0.467. The summed E-state index contributed by atoms with van der Waals surface area (Å²) in [5.74, 6) is 2.12. The van der Waals surface area contributed by atoms with E-state index < -0.39 is 0 Å². The summed E-state index contributed by atoms with van der Waals surface area (Å²) >= 11 is 0. The van der Waals surface area contributed by atoms with Crippen molar-refractivity contribution in [2.45, 2.75) is 32.7 Å². The fraction of sp³-hybridized carbons (Fsp3) is 0.471. The third-order valence-electron chi connectivity index (χ3n) is 3.81. The predicted octanol–water partition coefficient (Wildman–Crippen LogP) is 2.06. The largest absolute Gasteiger partial charge is 0.357 e. The molecule has 6 nitrogen and oxygen atoms in total. The summed E-state index contributed by atoms with van der Waals surface area (Å²) in [5.41, 5.74) is 1.35. The minimum Gasteiger partial charge on any atom is -0.357 e. The molecule has 0 amide bonds. The van der Waals surface area contributed by atoms with E-state index in [0.717, 1.165) is 31.3 Å². The molecule has 23 heavy (non-hydrogen) atoms. The first kappa shape index (κ1) is 17.0. The van der Waals surface area contributed by atoms with Crippen LogP contribution in [0.4, 0.5) is 0 Å². The first-order valence-electron chi connectivity index (χ1n) is 8.14. The number of aliphatic imine (C=N–C) groups is 1. The van der Waals surface area contributed by atoms with Gasteiger partial charge in [-0.2, -0.15) is 5.10 Å². The van der Waals surface area contributed by atoms with Crippen molar-refractivity contribution in [1.82, 2.24) is 25.4 Å². The maximum Gasteiger partial charge on any atom is 0.191 e. The Kier molecular flexibility index (Phi) is 6.59. The zero-order chi connectivity index (χ0) is 16.5. The Morgan fingerprint density at radius 1 is 1.22 bits per heavy atom. The van der Waals surface area contributed by atoms with Gasteiger partial charge >= 0.3 is 0 Å².